The number of hydrogen-bond acceptors (Lipinski definition) is 4. The third-order valence-electron chi connectivity index (χ3n) is 3.88. The molecule has 0 saturated heterocycles. The molecule has 32 heavy (non-hydrogen) atoms. The maximum atomic E-state index is 13.6. The molecule has 176 valence electrons. The van der Waals surface area contributed by atoms with Crippen LogP contribution in [-0.4, -0.2) is 39.2 Å². The Hall–Kier alpha value is -2.84. The van der Waals surface area contributed by atoms with E-state index in [2.05, 4.69) is 25.7 Å². The molecule has 0 heterocycles. The molecule has 0 bridgehead atoms. The van der Waals surface area contributed by atoms with E-state index in [1.54, 1.807) is 0 Å². The molecule has 3 N–H and O–H groups in total. The van der Waals surface area contributed by atoms with Gasteiger partial charge in [0.1, 0.15) is 11.5 Å². The largest absolute Gasteiger partial charge is 0.497 e. The summed E-state index contributed by atoms with van der Waals surface area (Å²) in [5.41, 5.74) is -0.199. The SMILES string of the molecule is CN=C(NCC(=O)Nc1ccc(F)c(F)c1F)NCc1cc(OC)ccc1OC(F)F.I. The Bertz CT molecular complexity index is 963. The van der Waals surface area contributed by atoms with Gasteiger partial charge in [-0.15, -0.1) is 24.0 Å². The van der Waals surface area contributed by atoms with Gasteiger partial charge < -0.3 is 25.4 Å². The molecule has 2 rings (SSSR count). The molecule has 0 saturated carbocycles. The number of methoxy groups -OCH3 is 1. The topological polar surface area (TPSA) is 84.0 Å². The molecule has 0 aromatic heterocycles. The fourth-order valence-corrected chi connectivity index (χ4v) is 2.41. The molecule has 0 radical (unpaired) electrons. The zero-order valence-electron chi connectivity index (χ0n) is 16.8. The van der Waals surface area contributed by atoms with Crippen LogP contribution >= 0.6 is 24.0 Å². The molecule has 0 fully saturated rings. The number of anilines is 1. The number of amides is 1. The van der Waals surface area contributed by atoms with Crippen LogP contribution in [0.15, 0.2) is 35.3 Å². The van der Waals surface area contributed by atoms with Gasteiger partial charge in [0.05, 0.1) is 19.3 Å². The Morgan fingerprint density at radius 1 is 1.09 bits per heavy atom. The van der Waals surface area contributed by atoms with Crippen molar-refractivity contribution >= 4 is 41.5 Å². The Labute approximate surface area is 197 Å². The molecule has 2 aromatic rings. The van der Waals surface area contributed by atoms with Gasteiger partial charge in [-0.05, 0) is 30.3 Å². The number of alkyl halides is 2. The molecular formula is C19H20F5IN4O3. The summed E-state index contributed by atoms with van der Waals surface area (Å²) in [6.45, 7) is -3.44. The van der Waals surface area contributed by atoms with Crippen LogP contribution < -0.4 is 25.4 Å². The fourth-order valence-electron chi connectivity index (χ4n) is 2.41. The third-order valence-corrected chi connectivity index (χ3v) is 3.88. The first-order valence-electron chi connectivity index (χ1n) is 8.74. The lowest BCUT2D eigenvalue weighted by atomic mass is 10.2. The molecular weight excluding hydrogens is 554 g/mol. The van der Waals surface area contributed by atoms with E-state index in [9.17, 15) is 26.7 Å². The Morgan fingerprint density at radius 2 is 1.81 bits per heavy atom. The van der Waals surface area contributed by atoms with Gasteiger partial charge in [-0.2, -0.15) is 8.78 Å². The van der Waals surface area contributed by atoms with Crippen molar-refractivity contribution < 1.29 is 36.2 Å². The number of nitrogens with one attached hydrogen (secondary N) is 3. The quantitative estimate of drug-likeness (QED) is 0.148. The number of benzene rings is 2. The van der Waals surface area contributed by atoms with E-state index >= 15 is 0 Å². The average molecular weight is 574 g/mol. The summed E-state index contributed by atoms with van der Waals surface area (Å²) in [5, 5.41) is 7.49. The van der Waals surface area contributed by atoms with Gasteiger partial charge >= 0.3 is 6.61 Å². The highest BCUT2D eigenvalue weighted by molar-refractivity contribution is 14.0. The Kier molecular flexibility index (Phi) is 10.9. The predicted octanol–water partition coefficient (Wildman–Crippen LogP) is 3.64. The second-order valence-electron chi connectivity index (χ2n) is 5.90. The summed E-state index contributed by atoms with van der Waals surface area (Å²) in [7, 11) is 2.81. The Morgan fingerprint density at radius 3 is 2.44 bits per heavy atom. The molecule has 13 heteroatoms. The minimum atomic E-state index is -3.02. The van der Waals surface area contributed by atoms with Gasteiger partial charge in [-0.25, -0.2) is 13.2 Å². The van der Waals surface area contributed by atoms with E-state index in [-0.39, 0.29) is 42.2 Å². The number of guanidine groups is 1. The zero-order valence-corrected chi connectivity index (χ0v) is 19.2. The van der Waals surface area contributed by atoms with E-state index in [4.69, 9.17) is 4.74 Å². The van der Waals surface area contributed by atoms with E-state index in [0.29, 0.717) is 17.4 Å². The van der Waals surface area contributed by atoms with Gasteiger partial charge in [0, 0.05) is 19.2 Å². The van der Waals surface area contributed by atoms with Crippen LogP contribution in [0.3, 0.4) is 0 Å². The number of hydrogen-bond donors (Lipinski definition) is 3. The summed E-state index contributed by atoms with van der Waals surface area (Å²) < 4.78 is 74.5. The number of halogens is 6. The lowest BCUT2D eigenvalue weighted by molar-refractivity contribution is -0.115. The first-order valence-corrected chi connectivity index (χ1v) is 8.74. The molecule has 0 aliphatic heterocycles. The first-order chi connectivity index (χ1) is 14.7. The van der Waals surface area contributed by atoms with Crippen molar-refractivity contribution in [2.24, 2.45) is 4.99 Å². The van der Waals surface area contributed by atoms with Crippen LogP contribution in [0, 0.1) is 17.5 Å². The van der Waals surface area contributed by atoms with Crippen molar-refractivity contribution in [3.8, 4) is 11.5 Å². The van der Waals surface area contributed by atoms with E-state index in [1.807, 2.05) is 0 Å². The zero-order chi connectivity index (χ0) is 23.0. The second kappa shape index (κ2) is 12.9. The standard InChI is InChI=1S/C19H19F5N4O3.HI/c1-25-19(26-8-10-7-11(30-2)3-6-14(10)31-18(23)24)27-9-15(29)28-13-5-4-12(20)16(21)17(13)22;/h3-7,18H,8-9H2,1-2H3,(H,28,29)(H2,25,26,27);1H. The van der Waals surface area contributed by atoms with Crippen LogP contribution in [-0.2, 0) is 11.3 Å². The second-order valence-corrected chi connectivity index (χ2v) is 5.90. The Balaban J connectivity index is 0.00000512. The summed E-state index contributed by atoms with van der Waals surface area (Å²) in [6, 6.07) is 5.82. The smallest absolute Gasteiger partial charge is 0.387 e. The van der Waals surface area contributed by atoms with Crippen LogP contribution in [0.25, 0.3) is 0 Å². The molecule has 2 aromatic carbocycles. The fraction of sp³-hybridized carbons (Fsp3) is 0.263. The number of ether oxygens (including phenoxy) is 2. The highest BCUT2D eigenvalue weighted by Crippen LogP contribution is 2.25. The van der Waals surface area contributed by atoms with Crippen molar-refractivity contribution in [1.82, 2.24) is 10.6 Å². The van der Waals surface area contributed by atoms with Crippen LogP contribution in [0.2, 0.25) is 0 Å². The van der Waals surface area contributed by atoms with Gasteiger partial charge in [-0.1, -0.05) is 0 Å². The summed E-state index contributed by atoms with van der Waals surface area (Å²) in [4.78, 5) is 15.8. The number of aliphatic imine (C=N–C) groups is 1. The minimum Gasteiger partial charge on any atom is -0.497 e. The molecule has 0 atom stereocenters. The summed E-state index contributed by atoms with van der Waals surface area (Å²) >= 11 is 0. The van der Waals surface area contributed by atoms with Crippen LogP contribution in [0.5, 0.6) is 11.5 Å². The number of carbonyl (C=O) groups excluding carboxylic acids is 1. The minimum absolute atomic E-state index is 0. The molecule has 7 nitrogen and oxygen atoms in total. The van der Waals surface area contributed by atoms with E-state index < -0.39 is 42.2 Å². The third kappa shape index (κ3) is 7.69. The lowest BCUT2D eigenvalue weighted by Crippen LogP contribution is -2.41. The summed E-state index contributed by atoms with van der Waals surface area (Å²) in [5.74, 6) is -4.95. The van der Waals surface area contributed by atoms with Crippen LogP contribution in [0.1, 0.15) is 5.56 Å². The van der Waals surface area contributed by atoms with Gasteiger partial charge in [-0.3, -0.25) is 9.79 Å². The monoisotopic (exact) mass is 574 g/mol. The molecule has 0 aliphatic rings. The molecule has 1 amide bonds. The highest BCUT2D eigenvalue weighted by atomic mass is 127. The van der Waals surface area contributed by atoms with Gasteiger partial charge in [0.25, 0.3) is 0 Å². The van der Waals surface area contributed by atoms with Crippen molar-refractivity contribution in [1.29, 1.82) is 0 Å². The van der Waals surface area contributed by atoms with E-state index in [0.717, 1.165) is 6.07 Å². The van der Waals surface area contributed by atoms with Crippen molar-refractivity contribution in [3.05, 3.63) is 53.3 Å². The van der Waals surface area contributed by atoms with E-state index in [1.165, 1.54) is 32.4 Å². The van der Waals surface area contributed by atoms with Crippen molar-refractivity contribution in [3.63, 3.8) is 0 Å². The average Bonchev–Trinajstić information content (AvgIpc) is 2.74. The number of nitrogens with zero attached hydrogens (tertiary/aromatic N) is 1. The molecule has 0 aliphatic carbocycles. The lowest BCUT2D eigenvalue weighted by Gasteiger charge is -2.15. The molecule has 0 unspecified atom stereocenters. The van der Waals surface area contributed by atoms with Crippen molar-refractivity contribution in [2.45, 2.75) is 13.2 Å². The summed E-state index contributed by atoms with van der Waals surface area (Å²) in [6.07, 6.45) is 0. The normalized spacial score (nSPS) is 10.9. The molecule has 0 spiro atoms. The van der Waals surface area contributed by atoms with Gasteiger partial charge in [0.15, 0.2) is 23.4 Å². The maximum Gasteiger partial charge on any atom is 0.387 e. The predicted molar refractivity (Wildman–Crippen MR) is 118 cm³/mol. The van der Waals surface area contributed by atoms with Gasteiger partial charge in [0.2, 0.25) is 5.91 Å². The number of rotatable bonds is 8. The number of carbonyl (C=O) groups is 1. The first kappa shape index (κ1) is 27.2. The van der Waals surface area contributed by atoms with Crippen molar-refractivity contribution in [2.75, 3.05) is 26.0 Å². The van der Waals surface area contributed by atoms with Crippen LogP contribution in [0.4, 0.5) is 27.6 Å². The maximum absolute atomic E-state index is 13.6. The highest BCUT2D eigenvalue weighted by Gasteiger charge is 2.16.